The molecule has 2 rings (SSSR count). The topological polar surface area (TPSA) is 12.4 Å². The Morgan fingerprint density at radius 3 is 2.75 bits per heavy atom. The van der Waals surface area contributed by atoms with Gasteiger partial charge in [0, 0.05) is 11.1 Å². The number of rotatable bonds is 3. The number of hydrogen-bond donors (Lipinski definition) is 0. The molecule has 1 heteroatoms. The first-order valence-corrected chi connectivity index (χ1v) is 6.15. The van der Waals surface area contributed by atoms with E-state index in [0.29, 0.717) is 5.41 Å². The Balaban J connectivity index is 2.08. The molecule has 0 radical (unpaired) electrons. The van der Waals surface area contributed by atoms with E-state index in [4.69, 9.17) is 4.99 Å². The monoisotopic (exact) mass is 215 g/mol. The highest BCUT2D eigenvalue weighted by molar-refractivity contribution is 5.94. The zero-order valence-electron chi connectivity index (χ0n) is 10.3. The number of nitrogens with zero attached hydrogens (tertiary/aromatic N) is 1. The Bertz CT molecular complexity index is 367. The molecule has 0 N–H and O–H groups in total. The highest BCUT2D eigenvalue weighted by atomic mass is 14.8. The van der Waals surface area contributed by atoms with Crippen molar-refractivity contribution in [3.8, 4) is 0 Å². The summed E-state index contributed by atoms with van der Waals surface area (Å²) in [6, 6.07) is 0. The van der Waals surface area contributed by atoms with Crippen molar-refractivity contribution < 1.29 is 0 Å². The van der Waals surface area contributed by atoms with Gasteiger partial charge in [-0.2, -0.15) is 0 Å². The molecule has 0 aliphatic heterocycles. The van der Waals surface area contributed by atoms with Gasteiger partial charge in [-0.25, -0.2) is 0 Å². The van der Waals surface area contributed by atoms with Gasteiger partial charge in [-0.1, -0.05) is 36.5 Å². The second-order valence-corrected chi connectivity index (χ2v) is 5.24. The van der Waals surface area contributed by atoms with Crippen molar-refractivity contribution in [3.63, 3.8) is 0 Å². The van der Waals surface area contributed by atoms with Crippen molar-refractivity contribution in [2.75, 3.05) is 6.54 Å². The van der Waals surface area contributed by atoms with Crippen LogP contribution in [0.3, 0.4) is 0 Å². The Labute approximate surface area is 98.7 Å². The lowest BCUT2D eigenvalue weighted by molar-refractivity contribution is 0.610. The van der Waals surface area contributed by atoms with Crippen molar-refractivity contribution >= 4 is 5.71 Å². The van der Waals surface area contributed by atoms with Gasteiger partial charge < -0.3 is 0 Å². The highest BCUT2D eigenvalue weighted by Crippen LogP contribution is 2.55. The molecular weight excluding hydrogens is 194 g/mol. The first-order chi connectivity index (χ1) is 7.66. The fourth-order valence-electron chi connectivity index (χ4n) is 2.57. The lowest BCUT2D eigenvalue weighted by Crippen LogP contribution is -2.22. The van der Waals surface area contributed by atoms with Gasteiger partial charge in [0.2, 0.25) is 0 Å². The van der Waals surface area contributed by atoms with Crippen LogP contribution >= 0.6 is 0 Å². The van der Waals surface area contributed by atoms with Gasteiger partial charge in [-0.05, 0) is 39.0 Å². The molecule has 16 heavy (non-hydrogen) atoms. The van der Waals surface area contributed by atoms with Gasteiger partial charge in [-0.3, -0.25) is 4.99 Å². The first kappa shape index (κ1) is 11.4. The van der Waals surface area contributed by atoms with Crippen molar-refractivity contribution in [3.05, 3.63) is 36.5 Å². The standard InChI is InChI=1S/C15H21N/c1-4-5-13-6-7-14(16-11-12(2)3)15(10-13)8-9-15/h4-5H,1-2,6-11H2,3H3. The molecule has 0 saturated heterocycles. The van der Waals surface area contributed by atoms with Crippen LogP contribution in [0.4, 0.5) is 0 Å². The summed E-state index contributed by atoms with van der Waals surface area (Å²) in [5.74, 6) is 0. The van der Waals surface area contributed by atoms with E-state index in [2.05, 4.69) is 26.2 Å². The summed E-state index contributed by atoms with van der Waals surface area (Å²) < 4.78 is 0. The summed E-state index contributed by atoms with van der Waals surface area (Å²) in [5, 5.41) is 0. The van der Waals surface area contributed by atoms with Gasteiger partial charge in [0.15, 0.2) is 0 Å². The highest BCUT2D eigenvalue weighted by Gasteiger charge is 2.48. The lowest BCUT2D eigenvalue weighted by atomic mass is 9.81. The van der Waals surface area contributed by atoms with Crippen LogP contribution in [-0.2, 0) is 0 Å². The molecule has 0 aromatic carbocycles. The van der Waals surface area contributed by atoms with Crippen LogP contribution in [0.1, 0.15) is 39.0 Å². The largest absolute Gasteiger partial charge is 0.289 e. The third kappa shape index (κ3) is 2.34. The van der Waals surface area contributed by atoms with Gasteiger partial charge in [-0.15, -0.1) is 0 Å². The number of aliphatic imine (C=N–C) groups is 1. The predicted octanol–water partition coefficient (Wildman–Crippen LogP) is 4.08. The molecular formula is C15H21N. The Morgan fingerprint density at radius 1 is 1.44 bits per heavy atom. The quantitative estimate of drug-likeness (QED) is 0.629. The SMILES string of the molecule is C=CC=C1CCC(=NCC(=C)C)C2(CC2)C1. The zero-order valence-corrected chi connectivity index (χ0v) is 10.3. The van der Waals surface area contributed by atoms with Gasteiger partial charge >= 0.3 is 0 Å². The molecule has 2 aliphatic rings. The number of hydrogen-bond acceptors (Lipinski definition) is 1. The molecule has 0 amide bonds. The van der Waals surface area contributed by atoms with Crippen LogP contribution in [-0.4, -0.2) is 12.3 Å². The summed E-state index contributed by atoms with van der Waals surface area (Å²) in [6.07, 6.45) is 10.3. The summed E-state index contributed by atoms with van der Waals surface area (Å²) in [7, 11) is 0. The maximum atomic E-state index is 4.76. The molecule has 2 fully saturated rings. The van der Waals surface area contributed by atoms with E-state index in [1.54, 1.807) is 5.57 Å². The molecule has 86 valence electrons. The van der Waals surface area contributed by atoms with Crippen molar-refractivity contribution in [2.45, 2.75) is 39.0 Å². The Kier molecular flexibility index (Phi) is 3.13. The van der Waals surface area contributed by atoms with Gasteiger partial charge in [0.1, 0.15) is 0 Å². The minimum Gasteiger partial charge on any atom is -0.289 e. The molecule has 0 heterocycles. The lowest BCUT2D eigenvalue weighted by Gasteiger charge is -2.26. The second-order valence-electron chi connectivity index (χ2n) is 5.24. The predicted molar refractivity (Wildman–Crippen MR) is 70.9 cm³/mol. The Hall–Kier alpha value is -1.11. The van der Waals surface area contributed by atoms with Gasteiger partial charge in [0.25, 0.3) is 0 Å². The van der Waals surface area contributed by atoms with E-state index < -0.39 is 0 Å². The van der Waals surface area contributed by atoms with E-state index >= 15 is 0 Å². The summed E-state index contributed by atoms with van der Waals surface area (Å²) >= 11 is 0. The number of allylic oxidation sites excluding steroid dienone is 3. The van der Waals surface area contributed by atoms with Crippen molar-refractivity contribution in [1.29, 1.82) is 0 Å². The minimum atomic E-state index is 0.447. The average molecular weight is 215 g/mol. The van der Waals surface area contributed by atoms with Crippen LogP contribution in [0.15, 0.2) is 41.4 Å². The molecule has 2 saturated carbocycles. The minimum absolute atomic E-state index is 0.447. The third-order valence-electron chi connectivity index (χ3n) is 3.61. The van der Waals surface area contributed by atoms with E-state index in [-0.39, 0.29) is 0 Å². The second kappa shape index (κ2) is 4.40. The van der Waals surface area contributed by atoms with E-state index in [0.717, 1.165) is 18.5 Å². The van der Waals surface area contributed by atoms with Crippen LogP contribution < -0.4 is 0 Å². The normalized spacial score (nSPS) is 27.3. The van der Waals surface area contributed by atoms with Crippen molar-refractivity contribution in [2.24, 2.45) is 10.4 Å². The fourth-order valence-corrected chi connectivity index (χ4v) is 2.57. The molecule has 0 aromatic heterocycles. The van der Waals surface area contributed by atoms with Crippen LogP contribution in [0.25, 0.3) is 0 Å². The molecule has 1 nitrogen and oxygen atoms in total. The fraction of sp³-hybridized carbons (Fsp3) is 0.533. The molecule has 2 aliphatic carbocycles. The van der Waals surface area contributed by atoms with Crippen LogP contribution in [0.5, 0.6) is 0 Å². The smallest absolute Gasteiger partial charge is 0.0593 e. The summed E-state index contributed by atoms with van der Waals surface area (Å²) in [5.41, 5.74) is 4.62. The summed E-state index contributed by atoms with van der Waals surface area (Å²) in [4.78, 5) is 4.76. The Morgan fingerprint density at radius 2 is 2.19 bits per heavy atom. The van der Waals surface area contributed by atoms with Gasteiger partial charge in [0.05, 0.1) is 6.54 Å². The van der Waals surface area contributed by atoms with Crippen LogP contribution in [0, 0.1) is 5.41 Å². The third-order valence-corrected chi connectivity index (χ3v) is 3.61. The zero-order chi connectivity index (χ0) is 11.6. The molecule has 0 atom stereocenters. The summed E-state index contributed by atoms with van der Waals surface area (Å²) in [6.45, 7) is 10.6. The molecule has 0 bridgehead atoms. The van der Waals surface area contributed by atoms with E-state index in [1.807, 2.05) is 6.08 Å². The molecule has 0 unspecified atom stereocenters. The maximum absolute atomic E-state index is 4.76. The van der Waals surface area contributed by atoms with Crippen LogP contribution in [0.2, 0.25) is 0 Å². The molecule has 0 aromatic rings. The molecule has 1 spiro atoms. The average Bonchev–Trinajstić information content (AvgIpc) is 2.97. The maximum Gasteiger partial charge on any atom is 0.0593 e. The van der Waals surface area contributed by atoms with E-state index in [1.165, 1.54) is 31.4 Å². The first-order valence-electron chi connectivity index (χ1n) is 6.15. The van der Waals surface area contributed by atoms with E-state index in [9.17, 15) is 0 Å². The van der Waals surface area contributed by atoms with Crippen molar-refractivity contribution in [1.82, 2.24) is 0 Å².